The predicted molar refractivity (Wildman–Crippen MR) is 105 cm³/mol. The van der Waals surface area contributed by atoms with Gasteiger partial charge in [0, 0.05) is 16.0 Å². The molecule has 1 N–H and O–H groups in total. The van der Waals surface area contributed by atoms with E-state index in [0.717, 1.165) is 0 Å². The highest BCUT2D eigenvalue weighted by atomic mass is 32.2. The molecule has 0 saturated carbocycles. The summed E-state index contributed by atoms with van der Waals surface area (Å²) < 4.78 is 3.57. The quantitative estimate of drug-likeness (QED) is 0.613. The predicted octanol–water partition coefficient (Wildman–Crippen LogP) is 5.60. The average molecular weight is 356 g/mol. The molecule has 0 fully saturated rings. The van der Waals surface area contributed by atoms with Crippen LogP contribution in [0.3, 0.4) is 0 Å². The van der Waals surface area contributed by atoms with Crippen LogP contribution < -0.4 is 9.88 Å². The fourth-order valence-electron chi connectivity index (χ4n) is 2.47. The molecule has 2 aromatic carbocycles. The summed E-state index contributed by atoms with van der Waals surface area (Å²) in [6.45, 7) is 6.60. The number of nitrogens with one attached hydrogen (secondary N) is 1. The molecule has 0 spiro atoms. The lowest BCUT2D eigenvalue weighted by atomic mass is 10.1. The van der Waals surface area contributed by atoms with Crippen LogP contribution in [0.15, 0.2) is 69.9 Å². The van der Waals surface area contributed by atoms with E-state index in [1.165, 1.54) is 25.5 Å². The van der Waals surface area contributed by atoms with Gasteiger partial charge in [-0.05, 0) is 68.1 Å². The molecule has 0 aliphatic heterocycles. The summed E-state index contributed by atoms with van der Waals surface area (Å²) in [6, 6.07) is 21.1. The molecular weight excluding hydrogens is 332 g/mol. The molecule has 2 nitrogen and oxygen atoms in total. The molecule has 24 heavy (non-hydrogen) atoms. The Morgan fingerprint density at radius 2 is 1.50 bits per heavy atom. The zero-order valence-electron chi connectivity index (χ0n) is 14.5. The molecule has 1 heterocycles. The molecule has 0 amide bonds. The first-order valence-electron chi connectivity index (χ1n) is 8.03. The van der Waals surface area contributed by atoms with Crippen molar-refractivity contribution in [2.24, 2.45) is 7.05 Å². The van der Waals surface area contributed by atoms with E-state index in [9.17, 15) is 0 Å². The van der Waals surface area contributed by atoms with Crippen molar-refractivity contribution in [2.75, 3.05) is 5.32 Å². The van der Waals surface area contributed by atoms with Crippen LogP contribution in [-0.4, -0.2) is 5.54 Å². The lowest BCUT2D eigenvalue weighted by Gasteiger charge is -2.20. The van der Waals surface area contributed by atoms with Gasteiger partial charge in [0.05, 0.1) is 0 Å². The summed E-state index contributed by atoms with van der Waals surface area (Å²) in [5.74, 6) is 0. The molecule has 0 atom stereocenters. The molecule has 0 unspecified atom stereocenters. The van der Waals surface area contributed by atoms with Crippen LogP contribution in [0.2, 0.25) is 0 Å². The van der Waals surface area contributed by atoms with E-state index in [1.54, 1.807) is 0 Å². The summed E-state index contributed by atoms with van der Waals surface area (Å²) in [7, 11) is 2.15. The topological polar surface area (TPSA) is 15.9 Å². The first-order valence-corrected chi connectivity index (χ1v) is 9.67. The van der Waals surface area contributed by atoms with Gasteiger partial charge in [-0.3, -0.25) is 0 Å². The number of aromatic nitrogens is 1. The van der Waals surface area contributed by atoms with Gasteiger partial charge in [-0.25, -0.2) is 0 Å². The third-order valence-electron chi connectivity index (χ3n) is 3.50. The van der Waals surface area contributed by atoms with Crippen molar-refractivity contribution in [1.82, 2.24) is 0 Å². The number of thiazole rings is 1. The Labute approximate surface area is 152 Å². The van der Waals surface area contributed by atoms with Crippen LogP contribution in [0, 0.1) is 0 Å². The summed E-state index contributed by atoms with van der Waals surface area (Å²) in [6.07, 6.45) is 0. The summed E-state index contributed by atoms with van der Waals surface area (Å²) >= 11 is 3.63. The van der Waals surface area contributed by atoms with E-state index >= 15 is 0 Å². The van der Waals surface area contributed by atoms with Crippen LogP contribution in [-0.2, 0) is 7.05 Å². The summed E-state index contributed by atoms with van der Waals surface area (Å²) in [5, 5.41) is 4.90. The van der Waals surface area contributed by atoms with Crippen molar-refractivity contribution in [3.63, 3.8) is 0 Å². The van der Waals surface area contributed by atoms with Crippen LogP contribution in [0.4, 0.5) is 5.00 Å². The first kappa shape index (κ1) is 17.1. The maximum atomic E-state index is 3.68. The Morgan fingerprint density at radius 1 is 0.917 bits per heavy atom. The van der Waals surface area contributed by atoms with Gasteiger partial charge in [-0.1, -0.05) is 36.4 Å². The highest BCUT2D eigenvalue weighted by molar-refractivity contribution is 8.01. The Hall–Kier alpha value is -1.78. The van der Waals surface area contributed by atoms with E-state index in [4.69, 9.17) is 0 Å². The fourth-order valence-corrected chi connectivity index (χ4v) is 5.01. The second-order valence-electron chi connectivity index (χ2n) is 6.76. The Bertz CT molecular complexity index is 803. The number of anilines is 1. The second-order valence-corrected chi connectivity index (χ2v) is 9.08. The highest BCUT2D eigenvalue weighted by Crippen LogP contribution is 2.39. The molecule has 0 saturated heterocycles. The van der Waals surface area contributed by atoms with Crippen molar-refractivity contribution in [3.8, 4) is 11.3 Å². The van der Waals surface area contributed by atoms with Gasteiger partial charge in [0.2, 0.25) is 5.69 Å². The van der Waals surface area contributed by atoms with Gasteiger partial charge in [0.1, 0.15) is 7.05 Å². The monoisotopic (exact) mass is 355 g/mol. The highest BCUT2D eigenvalue weighted by Gasteiger charge is 2.28. The minimum absolute atomic E-state index is 0.0239. The van der Waals surface area contributed by atoms with Gasteiger partial charge >= 0.3 is 4.34 Å². The fraction of sp³-hybridized carbons (Fsp3) is 0.250. The Balaban J connectivity index is 2.05. The average Bonchev–Trinajstić information content (AvgIpc) is 2.83. The largest absolute Gasteiger partial charge is 0.367 e. The normalized spacial score (nSPS) is 11.5. The van der Waals surface area contributed by atoms with E-state index in [-0.39, 0.29) is 5.54 Å². The smallest absolute Gasteiger partial charge is 0.304 e. The molecule has 1 aromatic heterocycles. The lowest BCUT2D eigenvalue weighted by Crippen LogP contribution is -2.32. The van der Waals surface area contributed by atoms with Crippen molar-refractivity contribution in [3.05, 3.63) is 60.7 Å². The molecule has 124 valence electrons. The van der Waals surface area contributed by atoms with Crippen LogP contribution in [0.1, 0.15) is 20.8 Å². The van der Waals surface area contributed by atoms with Crippen LogP contribution in [0.5, 0.6) is 0 Å². The number of hydrogen-bond acceptors (Lipinski definition) is 3. The van der Waals surface area contributed by atoms with Crippen LogP contribution >= 0.6 is 23.1 Å². The minimum atomic E-state index is 0.0239. The van der Waals surface area contributed by atoms with E-state index in [1.807, 2.05) is 23.1 Å². The van der Waals surface area contributed by atoms with Crippen molar-refractivity contribution in [2.45, 2.75) is 35.5 Å². The molecule has 0 aliphatic rings. The minimum Gasteiger partial charge on any atom is -0.367 e. The molecular formula is C20H23N2S2+. The Kier molecular flexibility index (Phi) is 4.97. The number of hydrogen-bond donors (Lipinski definition) is 1. The van der Waals surface area contributed by atoms with E-state index in [2.05, 4.69) is 98.4 Å². The molecule has 0 radical (unpaired) electrons. The number of rotatable bonds is 4. The third kappa shape index (κ3) is 4.00. The molecule has 3 rings (SSSR count). The standard InChI is InChI=1S/C20H23N2S2/c1-20(2,3)21-18-17(15-11-7-5-8-12-15)22(4)19(24-18)23-16-13-9-6-10-14-16/h5-14,21H,1-4H3/q+1. The van der Waals surface area contributed by atoms with E-state index < -0.39 is 0 Å². The maximum absolute atomic E-state index is 3.68. The van der Waals surface area contributed by atoms with Crippen molar-refractivity contribution >= 4 is 28.1 Å². The van der Waals surface area contributed by atoms with Gasteiger partial charge in [0.25, 0.3) is 0 Å². The molecule has 3 aromatic rings. The van der Waals surface area contributed by atoms with Crippen molar-refractivity contribution in [1.29, 1.82) is 0 Å². The first-order chi connectivity index (χ1) is 11.4. The summed E-state index contributed by atoms with van der Waals surface area (Å²) in [4.78, 5) is 1.26. The van der Waals surface area contributed by atoms with Gasteiger partial charge < -0.3 is 5.32 Å². The van der Waals surface area contributed by atoms with E-state index in [0.29, 0.717) is 0 Å². The molecule has 0 bridgehead atoms. The number of benzene rings is 2. The van der Waals surface area contributed by atoms with Gasteiger partial charge in [0.15, 0.2) is 5.00 Å². The molecule has 4 heteroatoms. The zero-order chi connectivity index (χ0) is 17.2. The summed E-state index contributed by atoms with van der Waals surface area (Å²) in [5.41, 5.74) is 2.51. The SMILES string of the molecule is C[n+]1c(Sc2ccccc2)sc(NC(C)(C)C)c1-c1ccccc1. The maximum Gasteiger partial charge on any atom is 0.304 e. The lowest BCUT2D eigenvalue weighted by molar-refractivity contribution is -0.691. The Morgan fingerprint density at radius 3 is 2.08 bits per heavy atom. The second kappa shape index (κ2) is 6.99. The third-order valence-corrected chi connectivity index (χ3v) is 5.90. The number of nitrogens with zero attached hydrogens (tertiary/aromatic N) is 1. The van der Waals surface area contributed by atoms with Crippen LogP contribution in [0.25, 0.3) is 11.3 Å². The van der Waals surface area contributed by atoms with Gasteiger partial charge in [-0.15, -0.1) is 0 Å². The zero-order valence-corrected chi connectivity index (χ0v) is 16.2. The molecule has 0 aliphatic carbocycles. The van der Waals surface area contributed by atoms with Crippen molar-refractivity contribution < 1.29 is 4.57 Å². The van der Waals surface area contributed by atoms with Gasteiger partial charge in [-0.2, -0.15) is 4.57 Å².